The molecule has 2 aromatic carbocycles. The molecule has 2 N–H and O–H groups in total. The van der Waals surface area contributed by atoms with Crippen LogP contribution in [0.2, 0.25) is 0 Å². The van der Waals surface area contributed by atoms with Crippen LogP contribution in [0.15, 0.2) is 42.5 Å². The fourth-order valence-corrected chi connectivity index (χ4v) is 2.36. The second kappa shape index (κ2) is 9.00. The van der Waals surface area contributed by atoms with Crippen LogP contribution in [-0.2, 0) is 9.53 Å². The summed E-state index contributed by atoms with van der Waals surface area (Å²) >= 11 is 0. The Morgan fingerprint density at radius 2 is 1.61 bits per heavy atom. The Bertz CT molecular complexity index is 909. The molecule has 0 aliphatic carbocycles. The molecule has 146 valence electrons. The van der Waals surface area contributed by atoms with Gasteiger partial charge in [-0.15, -0.1) is 0 Å². The molecule has 2 rings (SSSR count). The molecule has 0 spiro atoms. The van der Waals surface area contributed by atoms with Gasteiger partial charge in [-0.1, -0.05) is 30.0 Å². The number of benzene rings is 2. The number of amides is 2. The van der Waals surface area contributed by atoms with Gasteiger partial charge in [0.25, 0.3) is 0 Å². The van der Waals surface area contributed by atoms with Crippen LogP contribution in [0, 0.1) is 23.5 Å². The predicted molar refractivity (Wildman–Crippen MR) is 102 cm³/mol. The van der Waals surface area contributed by atoms with Crippen molar-refractivity contribution in [2.45, 2.75) is 25.8 Å². The quantitative estimate of drug-likeness (QED) is 0.620. The van der Waals surface area contributed by atoms with E-state index >= 15 is 0 Å². The lowest BCUT2D eigenvalue weighted by Gasteiger charge is -2.25. The summed E-state index contributed by atoms with van der Waals surface area (Å²) in [6.45, 7) is 3.16. The molecule has 0 aliphatic rings. The number of carbonyl (C=O) groups is 2. The van der Waals surface area contributed by atoms with Gasteiger partial charge in [0.15, 0.2) is 11.6 Å². The van der Waals surface area contributed by atoms with E-state index in [4.69, 9.17) is 0 Å². The number of anilines is 1. The third-order valence-electron chi connectivity index (χ3n) is 3.67. The minimum atomic E-state index is -0.967. The van der Waals surface area contributed by atoms with Crippen LogP contribution in [0.25, 0.3) is 0 Å². The Hall–Kier alpha value is -3.40. The maximum Gasteiger partial charge on any atom is 0.319 e. The minimum Gasteiger partial charge on any atom is -0.469 e. The van der Waals surface area contributed by atoms with Crippen molar-refractivity contribution in [3.63, 3.8) is 0 Å². The number of urea groups is 1. The second-order valence-corrected chi connectivity index (χ2v) is 6.65. The molecule has 28 heavy (non-hydrogen) atoms. The largest absolute Gasteiger partial charge is 0.469 e. The van der Waals surface area contributed by atoms with Crippen molar-refractivity contribution in [1.29, 1.82) is 0 Å². The Kier molecular flexibility index (Phi) is 6.72. The summed E-state index contributed by atoms with van der Waals surface area (Å²) in [6.07, 6.45) is -0.101. The van der Waals surface area contributed by atoms with Crippen LogP contribution in [0.3, 0.4) is 0 Å². The van der Waals surface area contributed by atoms with Crippen LogP contribution in [0.4, 0.5) is 19.3 Å². The van der Waals surface area contributed by atoms with E-state index in [1.807, 2.05) is 6.07 Å². The van der Waals surface area contributed by atoms with Gasteiger partial charge < -0.3 is 15.4 Å². The third kappa shape index (κ3) is 6.09. The summed E-state index contributed by atoms with van der Waals surface area (Å²) in [5.74, 6) is 3.04. The van der Waals surface area contributed by atoms with Gasteiger partial charge in [-0.2, -0.15) is 0 Å². The van der Waals surface area contributed by atoms with E-state index in [2.05, 4.69) is 27.2 Å². The zero-order valence-electron chi connectivity index (χ0n) is 15.7. The second-order valence-electron chi connectivity index (χ2n) is 6.65. The molecule has 0 bridgehead atoms. The number of carbonyl (C=O) groups excluding carboxylic acids is 2. The normalized spacial score (nSPS) is 10.5. The van der Waals surface area contributed by atoms with Gasteiger partial charge in [0.1, 0.15) is 5.69 Å². The number of hydrogen-bond acceptors (Lipinski definition) is 3. The molecule has 0 atom stereocenters. The summed E-state index contributed by atoms with van der Waals surface area (Å²) in [5.41, 5.74) is -0.726. The molecule has 2 aromatic rings. The van der Waals surface area contributed by atoms with Gasteiger partial charge in [0.05, 0.1) is 13.5 Å². The lowest BCUT2D eigenvalue weighted by molar-refractivity contribution is -0.141. The summed E-state index contributed by atoms with van der Waals surface area (Å²) in [7, 11) is 1.23. The monoisotopic (exact) mass is 386 g/mol. The first kappa shape index (κ1) is 20.9. The van der Waals surface area contributed by atoms with Crippen molar-refractivity contribution in [3.05, 3.63) is 65.2 Å². The molecular weight excluding hydrogens is 366 g/mol. The zero-order valence-corrected chi connectivity index (χ0v) is 15.7. The van der Waals surface area contributed by atoms with Crippen molar-refractivity contribution in [2.24, 2.45) is 0 Å². The fraction of sp³-hybridized carbons (Fsp3) is 0.238. The summed E-state index contributed by atoms with van der Waals surface area (Å²) < 4.78 is 33.1. The highest BCUT2D eigenvalue weighted by molar-refractivity contribution is 5.90. The molecule has 5 nitrogen and oxygen atoms in total. The molecule has 0 saturated carbocycles. The molecule has 7 heteroatoms. The Morgan fingerprint density at radius 3 is 2.18 bits per heavy atom. The van der Waals surface area contributed by atoms with Crippen LogP contribution in [-0.4, -0.2) is 24.6 Å². The highest BCUT2D eigenvalue weighted by Gasteiger charge is 2.25. The van der Waals surface area contributed by atoms with E-state index in [-0.39, 0.29) is 12.0 Å². The number of nitrogens with one attached hydrogen (secondary N) is 2. The summed E-state index contributed by atoms with van der Waals surface area (Å²) in [6, 6.07) is 10.2. The predicted octanol–water partition coefficient (Wildman–Crippen LogP) is 3.83. The van der Waals surface area contributed by atoms with Crippen LogP contribution in [0.1, 0.15) is 31.4 Å². The lowest BCUT2D eigenvalue weighted by atomic mass is 10.0. The first-order valence-corrected chi connectivity index (χ1v) is 8.42. The summed E-state index contributed by atoms with van der Waals surface area (Å²) in [5, 5.41) is 4.60. The minimum absolute atomic E-state index is 0.101. The van der Waals surface area contributed by atoms with Gasteiger partial charge in [-0.3, -0.25) is 4.79 Å². The first-order valence-electron chi connectivity index (χ1n) is 8.42. The molecule has 0 aliphatic heterocycles. The van der Waals surface area contributed by atoms with Crippen molar-refractivity contribution in [1.82, 2.24) is 5.32 Å². The Balaban J connectivity index is 2.11. The zero-order chi connectivity index (χ0) is 20.7. The van der Waals surface area contributed by atoms with E-state index in [1.54, 1.807) is 38.1 Å². The average molecular weight is 386 g/mol. The number of hydrogen-bond donors (Lipinski definition) is 2. The molecule has 0 radical (unpaired) electrons. The van der Waals surface area contributed by atoms with E-state index in [1.165, 1.54) is 7.11 Å². The maximum absolute atomic E-state index is 14.3. The average Bonchev–Trinajstić information content (AvgIpc) is 2.63. The first-order chi connectivity index (χ1) is 13.2. The van der Waals surface area contributed by atoms with Crippen molar-refractivity contribution in [3.8, 4) is 11.8 Å². The van der Waals surface area contributed by atoms with Crippen molar-refractivity contribution >= 4 is 17.7 Å². The van der Waals surface area contributed by atoms with Gasteiger partial charge >= 0.3 is 12.0 Å². The van der Waals surface area contributed by atoms with Gasteiger partial charge in [-0.05, 0) is 38.1 Å². The fourth-order valence-electron chi connectivity index (χ4n) is 2.36. The molecule has 0 aromatic heterocycles. The topological polar surface area (TPSA) is 67.4 Å². The highest BCUT2D eigenvalue weighted by Crippen LogP contribution is 2.21. The SMILES string of the molecule is COC(=O)CC(C)(C)NC(=O)Nc1c(F)cc(C#Cc2ccccc2)cc1F. The molecule has 0 unspecified atom stereocenters. The Morgan fingerprint density at radius 1 is 1.04 bits per heavy atom. The number of methoxy groups -OCH3 is 1. The summed E-state index contributed by atoms with van der Waals surface area (Å²) in [4.78, 5) is 23.4. The van der Waals surface area contributed by atoms with Crippen molar-refractivity contribution < 1.29 is 23.1 Å². The number of halogens is 2. The molecule has 0 heterocycles. The van der Waals surface area contributed by atoms with Gasteiger partial charge in [-0.25, -0.2) is 13.6 Å². The maximum atomic E-state index is 14.3. The third-order valence-corrected chi connectivity index (χ3v) is 3.67. The molecule has 0 fully saturated rings. The smallest absolute Gasteiger partial charge is 0.319 e. The van der Waals surface area contributed by atoms with E-state index in [0.717, 1.165) is 12.1 Å². The number of esters is 1. The number of ether oxygens (including phenoxy) is 1. The van der Waals surface area contributed by atoms with Gasteiger partial charge in [0.2, 0.25) is 0 Å². The molecule has 0 saturated heterocycles. The van der Waals surface area contributed by atoms with E-state index in [0.29, 0.717) is 5.56 Å². The van der Waals surface area contributed by atoms with Crippen LogP contribution in [0.5, 0.6) is 0 Å². The van der Waals surface area contributed by atoms with Crippen LogP contribution >= 0.6 is 0 Å². The number of rotatable bonds is 4. The lowest BCUT2D eigenvalue weighted by Crippen LogP contribution is -2.47. The standard InChI is InChI=1S/C21H20F2N2O3/c1-21(2,13-18(26)28-3)25-20(27)24-19-16(22)11-15(12-17(19)23)10-9-14-7-5-4-6-8-14/h4-8,11-12H,13H2,1-3H3,(H2,24,25,27). The Labute approximate surface area is 162 Å². The highest BCUT2D eigenvalue weighted by atomic mass is 19.1. The molecular formula is C21H20F2N2O3. The molecule has 2 amide bonds. The van der Waals surface area contributed by atoms with Crippen LogP contribution < -0.4 is 10.6 Å². The van der Waals surface area contributed by atoms with E-state index < -0.39 is 34.9 Å². The van der Waals surface area contributed by atoms with Gasteiger partial charge in [0, 0.05) is 16.7 Å². The van der Waals surface area contributed by atoms with Crippen molar-refractivity contribution in [2.75, 3.05) is 12.4 Å². The van der Waals surface area contributed by atoms with E-state index in [9.17, 15) is 18.4 Å².